The lowest BCUT2D eigenvalue weighted by atomic mass is 10.0. The van der Waals surface area contributed by atoms with Gasteiger partial charge in [-0.2, -0.15) is 0 Å². The molecule has 1 unspecified atom stereocenters. The van der Waals surface area contributed by atoms with Crippen LogP contribution in [-0.4, -0.2) is 56.3 Å². The monoisotopic (exact) mass is 415 g/mol. The molecule has 1 heterocycles. The van der Waals surface area contributed by atoms with Crippen LogP contribution in [0.4, 0.5) is 0 Å². The summed E-state index contributed by atoms with van der Waals surface area (Å²) in [7, 11) is -3.05. The first kappa shape index (κ1) is 21.0. The largest absolute Gasteiger partial charge is 0.350 e. The average molecular weight is 416 g/mol. The van der Waals surface area contributed by atoms with Crippen LogP contribution < -0.4 is 10.6 Å². The van der Waals surface area contributed by atoms with Gasteiger partial charge in [0.1, 0.15) is 6.04 Å². The fourth-order valence-electron chi connectivity index (χ4n) is 3.27. The van der Waals surface area contributed by atoms with Crippen molar-refractivity contribution in [3.8, 4) is 0 Å². The Morgan fingerprint density at radius 3 is 2.10 bits per heavy atom. The first-order valence-electron chi connectivity index (χ1n) is 9.52. The highest BCUT2D eigenvalue weighted by Crippen LogP contribution is 2.23. The maximum absolute atomic E-state index is 12.9. The van der Waals surface area contributed by atoms with Gasteiger partial charge in [-0.25, -0.2) is 8.42 Å². The van der Waals surface area contributed by atoms with Crippen molar-refractivity contribution in [2.24, 2.45) is 0 Å². The molecule has 29 heavy (non-hydrogen) atoms. The van der Waals surface area contributed by atoms with E-state index >= 15 is 0 Å². The molecule has 2 amide bonds. The smallest absolute Gasteiger partial charge is 0.242 e. The van der Waals surface area contributed by atoms with Gasteiger partial charge in [0, 0.05) is 19.6 Å². The Bertz CT molecular complexity index is 919. The molecule has 0 spiro atoms. The predicted octanol–water partition coefficient (Wildman–Crippen LogP) is 0.891. The molecule has 2 N–H and O–H groups in total. The summed E-state index contributed by atoms with van der Waals surface area (Å²) in [5.41, 5.74) is 1.75. The highest BCUT2D eigenvalue weighted by atomic mass is 32.2. The zero-order chi connectivity index (χ0) is 20.7. The molecule has 154 valence electrons. The minimum absolute atomic E-state index is 0.0289. The second-order valence-corrected chi connectivity index (χ2v) is 9.28. The first-order chi connectivity index (χ1) is 13.9. The number of amides is 2. The Balaban J connectivity index is 1.60. The number of rotatable bonds is 7. The summed E-state index contributed by atoms with van der Waals surface area (Å²) in [4.78, 5) is 26.9. The number of sulfone groups is 1. The minimum Gasteiger partial charge on any atom is -0.350 e. The third-order valence-electron chi connectivity index (χ3n) is 4.86. The van der Waals surface area contributed by atoms with Crippen molar-refractivity contribution in [2.75, 3.05) is 31.1 Å². The molecule has 0 radical (unpaired) electrons. The van der Waals surface area contributed by atoms with E-state index in [0.717, 1.165) is 11.1 Å². The van der Waals surface area contributed by atoms with Crippen molar-refractivity contribution in [2.45, 2.75) is 12.6 Å². The molecule has 1 aliphatic rings. The molecule has 0 aliphatic carbocycles. The van der Waals surface area contributed by atoms with Crippen LogP contribution in [0.2, 0.25) is 0 Å². The highest BCUT2D eigenvalue weighted by molar-refractivity contribution is 7.91. The molecule has 2 aromatic carbocycles. The van der Waals surface area contributed by atoms with E-state index < -0.39 is 15.9 Å². The van der Waals surface area contributed by atoms with Gasteiger partial charge in [-0.15, -0.1) is 0 Å². The Morgan fingerprint density at radius 2 is 1.48 bits per heavy atom. The van der Waals surface area contributed by atoms with Crippen LogP contribution in [0.5, 0.6) is 0 Å². The van der Waals surface area contributed by atoms with Crippen LogP contribution in [0.25, 0.3) is 0 Å². The van der Waals surface area contributed by atoms with Crippen LogP contribution in [0, 0.1) is 0 Å². The second-order valence-electron chi connectivity index (χ2n) is 6.98. The van der Waals surface area contributed by atoms with E-state index in [2.05, 4.69) is 10.6 Å². The summed E-state index contributed by atoms with van der Waals surface area (Å²) in [6.07, 6.45) is 0. The van der Waals surface area contributed by atoms with E-state index in [1.165, 1.54) is 0 Å². The molecule has 3 rings (SSSR count). The van der Waals surface area contributed by atoms with Gasteiger partial charge in [0.25, 0.3) is 0 Å². The van der Waals surface area contributed by atoms with Crippen molar-refractivity contribution < 1.29 is 18.0 Å². The molecule has 1 atom stereocenters. The molecule has 0 saturated carbocycles. The van der Waals surface area contributed by atoms with Gasteiger partial charge < -0.3 is 10.6 Å². The van der Waals surface area contributed by atoms with Crippen LogP contribution in [-0.2, 0) is 26.0 Å². The fraction of sp³-hybridized carbons (Fsp3) is 0.333. The molecule has 1 saturated heterocycles. The summed E-state index contributed by atoms with van der Waals surface area (Å²) >= 11 is 0. The molecular formula is C21H25N3O4S. The third kappa shape index (κ3) is 6.13. The quantitative estimate of drug-likeness (QED) is 0.700. The van der Waals surface area contributed by atoms with Crippen molar-refractivity contribution in [3.05, 3.63) is 71.8 Å². The van der Waals surface area contributed by atoms with Crippen LogP contribution >= 0.6 is 0 Å². The van der Waals surface area contributed by atoms with Gasteiger partial charge in [0.05, 0.1) is 18.1 Å². The van der Waals surface area contributed by atoms with Crippen molar-refractivity contribution in [1.29, 1.82) is 0 Å². The number of carbonyl (C=O) groups excluding carboxylic acids is 2. The average Bonchev–Trinajstić information content (AvgIpc) is 2.73. The lowest BCUT2D eigenvalue weighted by Crippen LogP contribution is -2.49. The van der Waals surface area contributed by atoms with Crippen LogP contribution in [0.1, 0.15) is 17.2 Å². The normalized spacial score (nSPS) is 17.2. The summed E-state index contributed by atoms with van der Waals surface area (Å²) in [6, 6.07) is 18.1. The van der Waals surface area contributed by atoms with E-state index in [0.29, 0.717) is 6.54 Å². The number of carbonyl (C=O) groups is 2. The number of hydrogen-bond acceptors (Lipinski definition) is 5. The van der Waals surface area contributed by atoms with Crippen LogP contribution in [0.15, 0.2) is 60.7 Å². The fourth-order valence-corrected chi connectivity index (χ4v) is 4.50. The zero-order valence-electron chi connectivity index (χ0n) is 16.1. The van der Waals surface area contributed by atoms with Gasteiger partial charge in [-0.1, -0.05) is 60.7 Å². The van der Waals surface area contributed by atoms with Gasteiger partial charge in [0.15, 0.2) is 9.84 Å². The molecule has 1 aliphatic heterocycles. The number of hydrogen-bond donors (Lipinski definition) is 2. The van der Waals surface area contributed by atoms with E-state index in [9.17, 15) is 18.0 Å². The SMILES string of the molecule is O=C(CNC(=O)C(c1ccccc1)N1CCS(=O)(=O)CC1)NCc1ccccc1. The Morgan fingerprint density at radius 1 is 0.897 bits per heavy atom. The Kier molecular flexibility index (Phi) is 7.00. The first-order valence-corrected chi connectivity index (χ1v) is 11.3. The number of benzene rings is 2. The molecule has 8 heteroatoms. The molecule has 0 bridgehead atoms. The maximum atomic E-state index is 12.9. The molecule has 0 aromatic heterocycles. The third-order valence-corrected chi connectivity index (χ3v) is 6.47. The van der Waals surface area contributed by atoms with Crippen molar-refractivity contribution in [1.82, 2.24) is 15.5 Å². The topological polar surface area (TPSA) is 95.6 Å². The summed E-state index contributed by atoms with van der Waals surface area (Å²) in [6.45, 7) is 0.827. The van der Waals surface area contributed by atoms with Gasteiger partial charge in [-0.3, -0.25) is 14.5 Å². The highest BCUT2D eigenvalue weighted by Gasteiger charge is 2.32. The molecule has 2 aromatic rings. The second kappa shape index (κ2) is 9.67. The van der Waals surface area contributed by atoms with Crippen molar-refractivity contribution in [3.63, 3.8) is 0 Å². The van der Waals surface area contributed by atoms with Crippen molar-refractivity contribution >= 4 is 21.7 Å². The lowest BCUT2D eigenvalue weighted by molar-refractivity contribution is -0.129. The predicted molar refractivity (Wildman–Crippen MR) is 111 cm³/mol. The van der Waals surface area contributed by atoms with E-state index in [-0.39, 0.29) is 43.0 Å². The van der Waals surface area contributed by atoms with E-state index in [4.69, 9.17) is 0 Å². The van der Waals surface area contributed by atoms with Crippen LogP contribution in [0.3, 0.4) is 0 Å². The van der Waals surface area contributed by atoms with Gasteiger partial charge in [-0.05, 0) is 11.1 Å². The zero-order valence-corrected chi connectivity index (χ0v) is 16.9. The minimum atomic E-state index is -3.05. The van der Waals surface area contributed by atoms with Gasteiger partial charge in [0.2, 0.25) is 11.8 Å². The number of nitrogens with zero attached hydrogens (tertiary/aromatic N) is 1. The molecular weight excluding hydrogens is 390 g/mol. The maximum Gasteiger partial charge on any atom is 0.242 e. The standard InChI is InChI=1S/C21H25N3O4S/c25-19(22-15-17-7-3-1-4-8-17)16-23-21(26)20(18-9-5-2-6-10-18)24-11-13-29(27,28)14-12-24/h1-10,20H,11-16H2,(H,22,25)(H,23,26). The van der Waals surface area contributed by atoms with E-state index in [1.807, 2.05) is 65.6 Å². The summed E-state index contributed by atoms with van der Waals surface area (Å²) in [5, 5.41) is 5.47. The molecule has 1 fully saturated rings. The van der Waals surface area contributed by atoms with Gasteiger partial charge >= 0.3 is 0 Å². The Labute approximate surface area is 171 Å². The Hall–Kier alpha value is -2.71. The van der Waals surface area contributed by atoms with E-state index in [1.54, 1.807) is 0 Å². The summed E-state index contributed by atoms with van der Waals surface area (Å²) < 4.78 is 23.5. The number of nitrogens with one attached hydrogen (secondary N) is 2. The lowest BCUT2D eigenvalue weighted by Gasteiger charge is -2.33. The molecule has 7 nitrogen and oxygen atoms in total. The summed E-state index contributed by atoms with van der Waals surface area (Å²) in [5.74, 6) is -0.539.